The first kappa shape index (κ1) is 14.3. The molecule has 0 unspecified atom stereocenters. The van der Waals surface area contributed by atoms with Crippen molar-refractivity contribution in [2.45, 2.75) is 0 Å². The first-order valence-electron chi connectivity index (χ1n) is 7.26. The van der Waals surface area contributed by atoms with Crippen LogP contribution in [0, 0.1) is 0 Å². The molecular weight excluding hydrogens is 308 g/mol. The van der Waals surface area contributed by atoms with Gasteiger partial charge in [-0.05, 0) is 30.3 Å². The highest BCUT2D eigenvalue weighted by Crippen LogP contribution is 2.33. The Hall–Kier alpha value is -3.35. The van der Waals surface area contributed by atoms with E-state index in [4.69, 9.17) is 13.9 Å². The Balaban J connectivity index is 1.78. The van der Waals surface area contributed by atoms with Crippen molar-refractivity contribution in [3.8, 4) is 28.6 Å². The van der Waals surface area contributed by atoms with Crippen LogP contribution in [0.5, 0.6) is 11.5 Å². The second-order valence-corrected chi connectivity index (χ2v) is 5.11. The van der Waals surface area contributed by atoms with Crippen molar-refractivity contribution in [3.63, 3.8) is 0 Å². The molecule has 0 aliphatic carbocycles. The Bertz CT molecular complexity index is 992. The van der Waals surface area contributed by atoms with Crippen LogP contribution in [0.2, 0.25) is 0 Å². The molecule has 0 radical (unpaired) electrons. The molecule has 0 fully saturated rings. The van der Waals surface area contributed by atoms with Gasteiger partial charge in [0.1, 0.15) is 18.2 Å². The van der Waals surface area contributed by atoms with Gasteiger partial charge in [-0.3, -0.25) is 4.57 Å². The number of oxazole rings is 1. The molecule has 0 N–H and O–H groups in total. The van der Waals surface area contributed by atoms with Gasteiger partial charge in [0.05, 0.1) is 19.9 Å². The summed E-state index contributed by atoms with van der Waals surface area (Å²) in [6, 6.07) is 11.3. The molecule has 4 rings (SSSR count). The molecule has 0 amide bonds. The van der Waals surface area contributed by atoms with Crippen molar-refractivity contribution >= 4 is 11.1 Å². The Morgan fingerprint density at radius 1 is 0.917 bits per heavy atom. The van der Waals surface area contributed by atoms with E-state index in [1.807, 2.05) is 36.4 Å². The minimum atomic E-state index is 0.520. The maximum absolute atomic E-state index is 5.90. The van der Waals surface area contributed by atoms with Crippen LogP contribution >= 0.6 is 0 Å². The summed E-state index contributed by atoms with van der Waals surface area (Å²) < 4.78 is 18.3. The fourth-order valence-corrected chi connectivity index (χ4v) is 2.50. The summed E-state index contributed by atoms with van der Waals surface area (Å²) in [4.78, 5) is 4.53. The van der Waals surface area contributed by atoms with E-state index in [0.29, 0.717) is 23.0 Å². The molecule has 7 nitrogen and oxygen atoms in total. The largest absolute Gasteiger partial charge is 0.493 e. The van der Waals surface area contributed by atoms with Gasteiger partial charge in [0.2, 0.25) is 5.89 Å². The normalized spacial score (nSPS) is 10.9. The Kier molecular flexibility index (Phi) is 3.38. The van der Waals surface area contributed by atoms with Crippen LogP contribution in [0.4, 0.5) is 0 Å². The van der Waals surface area contributed by atoms with Crippen molar-refractivity contribution in [1.29, 1.82) is 0 Å². The van der Waals surface area contributed by atoms with Crippen LogP contribution in [0.25, 0.3) is 28.2 Å². The summed E-state index contributed by atoms with van der Waals surface area (Å²) >= 11 is 0. The SMILES string of the molecule is COc1ccc(-c2nc3ccc(-n4cnnc4)cc3o2)cc1OC. The summed E-state index contributed by atoms with van der Waals surface area (Å²) in [5.41, 5.74) is 3.18. The number of aromatic nitrogens is 4. The van der Waals surface area contributed by atoms with Crippen LogP contribution in [-0.4, -0.2) is 34.0 Å². The molecule has 4 aromatic rings. The Labute approximate surface area is 137 Å². The molecule has 0 bridgehead atoms. The van der Waals surface area contributed by atoms with Gasteiger partial charge in [-0.2, -0.15) is 0 Å². The molecule has 0 aliphatic heterocycles. The molecule has 0 aliphatic rings. The molecule has 0 spiro atoms. The van der Waals surface area contributed by atoms with Crippen LogP contribution in [-0.2, 0) is 0 Å². The zero-order valence-corrected chi connectivity index (χ0v) is 13.1. The number of ether oxygens (including phenoxy) is 2. The average molecular weight is 322 g/mol. The number of hydrogen-bond acceptors (Lipinski definition) is 6. The van der Waals surface area contributed by atoms with Crippen molar-refractivity contribution in [1.82, 2.24) is 19.7 Å². The molecule has 0 atom stereocenters. The zero-order chi connectivity index (χ0) is 16.5. The number of rotatable bonds is 4. The lowest BCUT2D eigenvalue weighted by Gasteiger charge is -2.07. The van der Waals surface area contributed by atoms with Gasteiger partial charge >= 0.3 is 0 Å². The summed E-state index contributed by atoms with van der Waals surface area (Å²) in [7, 11) is 3.20. The van der Waals surface area contributed by atoms with Crippen molar-refractivity contribution in [3.05, 3.63) is 49.1 Å². The van der Waals surface area contributed by atoms with Crippen LogP contribution in [0.3, 0.4) is 0 Å². The molecule has 7 heteroatoms. The molecular formula is C17H14N4O3. The lowest BCUT2D eigenvalue weighted by molar-refractivity contribution is 0.355. The predicted molar refractivity (Wildman–Crippen MR) is 87.5 cm³/mol. The summed E-state index contributed by atoms with van der Waals surface area (Å²) in [6.45, 7) is 0. The van der Waals surface area contributed by atoms with E-state index in [1.54, 1.807) is 31.4 Å². The topological polar surface area (TPSA) is 75.2 Å². The van der Waals surface area contributed by atoms with Gasteiger partial charge in [-0.1, -0.05) is 0 Å². The highest BCUT2D eigenvalue weighted by molar-refractivity contribution is 5.78. The third-order valence-corrected chi connectivity index (χ3v) is 3.72. The average Bonchev–Trinajstić information content (AvgIpc) is 3.29. The number of nitrogens with zero attached hydrogens (tertiary/aromatic N) is 4. The molecule has 24 heavy (non-hydrogen) atoms. The standard InChI is InChI=1S/C17H14N4O3/c1-22-14-6-3-11(7-16(14)23-2)17-20-13-5-4-12(8-15(13)24-17)21-9-18-19-10-21/h3-10H,1-2H3. The number of hydrogen-bond donors (Lipinski definition) is 0. The Morgan fingerprint density at radius 3 is 2.46 bits per heavy atom. The highest BCUT2D eigenvalue weighted by Gasteiger charge is 2.12. The number of methoxy groups -OCH3 is 2. The van der Waals surface area contributed by atoms with E-state index in [9.17, 15) is 0 Å². The fourth-order valence-electron chi connectivity index (χ4n) is 2.50. The van der Waals surface area contributed by atoms with Gasteiger partial charge in [0, 0.05) is 11.6 Å². The highest BCUT2D eigenvalue weighted by atomic mass is 16.5. The van der Waals surface area contributed by atoms with Crippen molar-refractivity contribution in [2.24, 2.45) is 0 Å². The maximum atomic E-state index is 5.90. The lowest BCUT2D eigenvalue weighted by atomic mass is 10.2. The van der Waals surface area contributed by atoms with E-state index >= 15 is 0 Å². The number of fused-ring (bicyclic) bond motifs is 1. The van der Waals surface area contributed by atoms with E-state index < -0.39 is 0 Å². The van der Waals surface area contributed by atoms with Gasteiger partial charge in [0.25, 0.3) is 0 Å². The number of benzene rings is 2. The lowest BCUT2D eigenvalue weighted by Crippen LogP contribution is -1.90. The van der Waals surface area contributed by atoms with E-state index in [2.05, 4.69) is 15.2 Å². The minimum absolute atomic E-state index is 0.520. The molecule has 2 aromatic heterocycles. The maximum Gasteiger partial charge on any atom is 0.227 e. The van der Waals surface area contributed by atoms with Crippen LogP contribution in [0.1, 0.15) is 0 Å². The van der Waals surface area contributed by atoms with Gasteiger partial charge < -0.3 is 13.9 Å². The second kappa shape index (κ2) is 5.69. The summed E-state index contributed by atoms with van der Waals surface area (Å²) in [5.74, 6) is 1.81. The third-order valence-electron chi connectivity index (χ3n) is 3.72. The third kappa shape index (κ3) is 2.36. The molecule has 0 saturated heterocycles. The smallest absolute Gasteiger partial charge is 0.227 e. The van der Waals surface area contributed by atoms with Crippen molar-refractivity contribution in [2.75, 3.05) is 14.2 Å². The predicted octanol–water partition coefficient (Wildman–Crippen LogP) is 3.09. The van der Waals surface area contributed by atoms with E-state index in [1.165, 1.54) is 0 Å². The van der Waals surface area contributed by atoms with Gasteiger partial charge in [-0.25, -0.2) is 4.98 Å². The molecule has 120 valence electrons. The quantitative estimate of drug-likeness (QED) is 0.575. The summed E-state index contributed by atoms with van der Waals surface area (Å²) in [5, 5.41) is 7.62. The van der Waals surface area contributed by atoms with E-state index in [-0.39, 0.29) is 0 Å². The van der Waals surface area contributed by atoms with Crippen LogP contribution in [0.15, 0.2) is 53.5 Å². The Morgan fingerprint density at radius 2 is 1.71 bits per heavy atom. The van der Waals surface area contributed by atoms with Gasteiger partial charge in [0.15, 0.2) is 17.1 Å². The monoisotopic (exact) mass is 322 g/mol. The van der Waals surface area contributed by atoms with Gasteiger partial charge in [-0.15, -0.1) is 10.2 Å². The van der Waals surface area contributed by atoms with Crippen LogP contribution < -0.4 is 9.47 Å². The van der Waals surface area contributed by atoms with E-state index in [0.717, 1.165) is 16.8 Å². The minimum Gasteiger partial charge on any atom is -0.493 e. The second-order valence-electron chi connectivity index (χ2n) is 5.11. The zero-order valence-electron chi connectivity index (χ0n) is 13.1. The molecule has 2 heterocycles. The fraction of sp³-hybridized carbons (Fsp3) is 0.118. The molecule has 2 aromatic carbocycles. The molecule has 0 saturated carbocycles. The first-order chi connectivity index (χ1) is 11.8. The first-order valence-corrected chi connectivity index (χ1v) is 7.26. The summed E-state index contributed by atoms with van der Waals surface area (Å²) in [6.07, 6.45) is 3.26. The van der Waals surface area contributed by atoms with Crippen molar-refractivity contribution < 1.29 is 13.9 Å².